The molecular formula is C29H29FN4O2. The molecule has 6 nitrogen and oxygen atoms in total. The van der Waals surface area contributed by atoms with Crippen LogP contribution in [0.3, 0.4) is 0 Å². The average Bonchev–Trinajstić information content (AvgIpc) is 3.27. The number of halogens is 1. The van der Waals surface area contributed by atoms with E-state index in [9.17, 15) is 10.1 Å². The first-order valence-corrected chi connectivity index (χ1v) is 13.1. The second-order valence-corrected chi connectivity index (χ2v) is 10.7. The van der Waals surface area contributed by atoms with Gasteiger partial charge in [0.1, 0.15) is 5.82 Å². The van der Waals surface area contributed by atoms with Crippen LogP contribution in [0, 0.1) is 17.1 Å². The molecule has 36 heavy (non-hydrogen) atoms. The highest BCUT2D eigenvalue weighted by Gasteiger charge is 2.47. The van der Waals surface area contributed by atoms with Gasteiger partial charge < -0.3 is 14.6 Å². The molecule has 0 bridgehead atoms. The molecule has 7 heteroatoms. The Balaban J connectivity index is 1.34. The number of benzene rings is 2. The standard InChI is InChI=1S/C29H29FN4O2/c30-23-15-21-22(16-25(23)34-10-8-33(9-11-34)19-2-1-3-19)29(6-12-36-13-7-29)28-26(27(21)35)20-5-4-18(17-31)14-24(20)32-28/h4-5,14-16,19,32H,1-3,6-13H2. The molecule has 2 saturated heterocycles. The minimum absolute atomic E-state index is 0.145. The molecule has 2 aromatic carbocycles. The Hall–Kier alpha value is -3.21. The predicted molar refractivity (Wildman–Crippen MR) is 135 cm³/mol. The van der Waals surface area contributed by atoms with Crippen LogP contribution in [0.15, 0.2) is 30.3 Å². The smallest absolute Gasteiger partial charge is 0.195 e. The summed E-state index contributed by atoms with van der Waals surface area (Å²) in [4.78, 5) is 22.1. The Bertz CT molecular complexity index is 1420. The highest BCUT2D eigenvalue weighted by Crippen LogP contribution is 2.50. The van der Waals surface area contributed by atoms with Crippen molar-refractivity contribution in [3.63, 3.8) is 0 Å². The molecular weight excluding hydrogens is 455 g/mol. The highest BCUT2D eigenvalue weighted by molar-refractivity contribution is 6.20. The summed E-state index contributed by atoms with van der Waals surface area (Å²) in [5, 5.41) is 10.2. The van der Waals surface area contributed by atoms with Crippen LogP contribution in [0.2, 0.25) is 0 Å². The number of nitrogens with one attached hydrogen (secondary N) is 1. The lowest BCUT2D eigenvalue weighted by Gasteiger charge is -2.45. The zero-order chi connectivity index (χ0) is 24.4. The van der Waals surface area contributed by atoms with Crippen LogP contribution in [0.4, 0.5) is 10.1 Å². The van der Waals surface area contributed by atoms with Crippen LogP contribution >= 0.6 is 0 Å². The third-order valence-electron chi connectivity index (χ3n) is 9.07. The Labute approximate surface area is 209 Å². The molecule has 4 aliphatic rings. The van der Waals surface area contributed by atoms with E-state index in [0.717, 1.165) is 61.2 Å². The lowest BCUT2D eigenvalue weighted by molar-refractivity contribution is 0.0601. The minimum Gasteiger partial charge on any atom is -0.381 e. The van der Waals surface area contributed by atoms with Crippen molar-refractivity contribution in [2.45, 2.75) is 43.6 Å². The molecule has 1 N–H and O–H groups in total. The third-order valence-corrected chi connectivity index (χ3v) is 9.07. The molecule has 0 atom stereocenters. The first-order valence-electron chi connectivity index (χ1n) is 13.1. The third kappa shape index (κ3) is 3.11. The Kier molecular flexibility index (Phi) is 4.99. The summed E-state index contributed by atoms with van der Waals surface area (Å²) in [6.07, 6.45) is 5.32. The van der Waals surface area contributed by atoms with E-state index in [1.807, 2.05) is 12.1 Å². The molecule has 2 aliphatic heterocycles. The van der Waals surface area contributed by atoms with Gasteiger partial charge in [-0.3, -0.25) is 9.69 Å². The molecule has 3 heterocycles. The van der Waals surface area contributed by atoms with Gasteiger partial charge in [0.05, 0.1) is 22.9 Å². The lowest BCUT2D eigenvalue weighted by atomic mass is 9.64. The van der Waals surface area contributed by atoms with Gasteiger partial charge in [0.15, 0.2) is 5.78 Å². The van der Waals surface area contributed by atoms with E-state index in [1.165, 1.54) is 25.3 Å². The number of hydrogen-bond donors (Lipinski definition) is 1. The summed E-state index contributed by atoms with van der Waals surface area (Å²) >= 11 is 0. The first kappa shape index (κ1) is 22.0. The summed E-state index contributed by atoms with van der Waals surface area (Å²) in [7, 11) is 0. The average molecular weight is 485 g/mol. The highest BCUT2D eigenvalue weighted by atomic mass is 19.1. The number of ketones is 1. The Morgan fingerprint density at radius 2 is 1.86 bits per heavy atom. The molecule has 3 fully saturated rings. The quantitative estimate of drug-likeness (QED) is 0.580. The second-order valence-electron chi connectivity index (χ2n) is 10.7. The molecule has 1 aromatic heterocycles. The second kappa shape index (κ2) is 8.16. The van der Waals surface area contributed by atoms with Gasteiger partial charge in [-0.15, -0.1) is 0 Å². The zero-order valence-electron chi connectivity index (χ0n) is 20.3. The summed E-state index contributed by atoms with van der Waals surface area (Å²) in [5.41, 5.74) is 4.36. The number of fused-ring (bicyclic) bond motifs is 6. The van der Waals surface area contributed by atoms with Gasteiger partial charge in [0.25, 0.3) is 0 Å². The fraction of sp³-hybridized carbons (Fsp3) is 0.448. The Morgan fingerprint density at radius 3 is 2.56 bits per heavy atom. The summed E-state index contributed by atoms with van der Waals surface area (Å²) in [6.45, 7) is 4.66. The number of hydrogen-bond acceptors (Lipinski definition) is 5. The number of rotatable bonds is 2. The van der Waals surface area contributed by atoms with E-state index in [1.54, 1.807) is 12.1 Å². The van der Waals surface area contributed by atoms with E-state index in [0.29, 0.717) is 41.6 Å². The molecule has 7 rings (SSSR count). The zero-order valence-corrected chi connectivity index (χ0v) is 20.3. The summed E-state index contributed by atoms with van der Waals surface area (Å²) in [5.74, 6) is -0.468. The van der Waals surface area contributed by atoms with Gasteiger partial charge >= 0.3 is 0 Å². The van der Waals surface area contributed by atoms with Crippen LogP contribution in [-0.2, 0) is 10.2 Å². The molecule has 0 radical (unpaired) electrons. The maximum Gasteiger partial charge on any atom is 0.195 e. The van der Waals surface area contributed by atoms with Crippen LogP contribution in [0.5, 0.6) is 0 Å². The van der Waals surface area contributed by atoms with Crippen molar-refractivity contribution < 1.29 is 13.9 Å². The maximum absolute atomic E-state index is 15.7. The van der Waals surface area contributed by atoms with Crippen molar-refractivity contribution in [1.82, 2.24) is 9.88 Å². The van der Waals surface area contributed by atoms with Crippen LogP contribution in [0.1, 0.15) is 64.8 Å². The lowest BCUT2D eigenvalue weighted by Crippen LogP contribution is -2.52. The van der Waals surface area contributed by atoms with Crippen molar-refractivity contribution in [1.29, 1.82) is 5.26 Å². The van der Waals surface area contributed by atoms with E-state index in [2.05, 4.69) is 20.9 Å². The van der Waals surface area contributed by atoms with E-state index in [-0.39, 0.29) is 11.6 Å². The number of aromatic nitrogens is 1. The molecule has 3 aromatic rings. The number of piperazine rings is 1. The number of aromatic amines is 1. The number of ether oxygens (including phenoxy) is 1. The van der Waals surface area contributed by atoms with Gasteiger partial charge in [-0.1, -0.05) is 12.5 Å². The number of anilines is 1. The van der Waals surface area contributed by atoms with Crippen molar-refractivity contribution in [2.75, 3.05) is 44.3 Å². The number of nitrogens with zero attached hydrogens (tertiary/aromatic N) is 3. The normalized spacial score (nSPS) is 21.8. The van der Waals surface area contributed by atoms with Crippen LogP contribution in [0.25, 0.3) is 10.9 Å². The van der Waals surface area contributed by atoms with E-state index in [4.69, 9.17) is 4.74 Å². The largest absolute Gasteiger partial charge is 0.381 e. The van der Waals surface area contributed by atoms with Gasteiger partial charge in [-0.2, -0.15) is 5.26 Å². The topological polar surface area (TPSA) is 72.4 Å². The molecule has 1 spiro atoms. The number of H-pyrrole nitrogens is 1. The number of nitriles is 1. The van der Waals surface area contributed by atoms with Crippen molar-refractivity contribution in [3.05, 3.63) is 64.1 Å². The molecule has 1 saturated carbocycles. The number of carbonyl (C=O) groups excluding carboxylic acids is 1. The van der Waals surface area contributed by atoms with Crippen LogP contribution in [-0.4, -0.2) is 61.1 Å². The van der Waals surface area contributed by atoms with E-state index >= 15 is 4.39 Å². The van der Waals surface area contributed by atoms with Gasteiger partial charge in [-0.05, 0) is 55.5 Å². The predicted octanol–water partition coefficient (Wildman–Crippen LogP) is 4.49. The fourth-order valence-electron chi connectivity index (χ4n) is 6.84. The monoisotopic (exact) mass is 484 g/mol. The SMILES string of the molecule is N#Cc1ccc2c3c([nH]c2c1)C1(CCOCC1)c1cc(N2CCN(C4CCC4)CC2)c(F)cc1C3=O. The number of carbonyl (C=O) groups is 1. The molecule has 0 unspecified atom stereocenters. The maximum atomic E-state index is 15.7. The molecule has 0 amide bonds. The molecule has 184 valence electrons. The summed E-state index contributed by atoms with van der Waals surface area (Å²) in [6, 6.07) is 11.7. The van der Waals surface area contributed by atoms with Gasteiger partial charge in [-0.25, -0.2) is 4.39 Å². The van der Waals surface area contributed by atoms with E-state index < -0.39 is 5.41 Å². The van der Waals surface area contributed by atoms with Crippen molar-refractivity contribution >= 4 is 22.4 Å². The van der Waals surface area contributed by atoms with Crippen molar-refractivity contribution in [3.8, 4) is 6.07 Å². The molecule has 2 aliphatic carbocycles. The Morgan fingerprint density at radius 1 is 1.08 bits per heavy atom. The van der Waals surface area contributed by atoms with Crippen LogP contribution < -0.4 is 4.90 Å². The van der Waals surface area contributed by atoms with Gasteiger partial charge in [0.2, 0.25) is 0 Å². The first-order chi connectivity index (χ1) is 17.6. The minimum atomic E-state index is -0.446. The van der Waals surface area contributed by atoms with Crippen molar-refractivity contribution in [2.24, 2.45) is 0 Å². The fourth-order valence-corrected chi connectivity index (χ4v) is 6.84. The van der Waals surface area contributed by atoms with Gasteiger partial charge in [0, 0.05) is 73.0 Å². The summed E-state index contributed by atoms with van der Waals surface area (Å²) < 4.78 is 21.4.